The van der Waals surface area contributed by atoms with E-state index in [1.165, 1.54) is 37.7 Å². The van der Waals surface area contributed by atoms with E-state index in [4.69, 9.17) is 4.74 Å². The monoisotopic (exact) mass is 360 g/mol. The van der Waals surface area contributed by atoms with Gasteiger partial charge in [0.2, 0.25) is 0 Å². The Balaban J connectivity index is 1.73. The van der Waals surface area contributed by atoms with Crippen LogP contribution in [0, 0.1) is 33.5 Å². The quantitative estimate of drug-likeness (QED) is 0.564. The minimum Gasteiger partial charge on any atom is -0.465 e. The highest BCUT2D eigenvalue weighted by Crippen LogP contribution is 2.74. The third-order valence-electron chi connectivity index (χ3n) is 9.50. The van der Waals surface area contributed by atoms with Gasteiger partial charge in [0.25, 0.3) is 0 Å². The second-order valence-electron chi connectivity index (χ2n) is 10.6. The van der Waals surface area contributed by atoms with Gasteiger partial charge in [-0.05, 0) is 93.3 Å². The second kappa shape index (κ2) is 5.59. The molecule has 4 fully saturated rings. The number of hydrogen-bond acceptors (Lipinski definition) is 3. The summed E-state index contributed by atoms with van der Waals surface area (Å²) in [5, 5.41) is 10.9. The zero-order chi connectivity index (χ0) is 19.0. The molecule has 0 aromatic heterocycles. The Kier molecular flexibility index (Phi) is 3.99. The first kappa shape index (κ1) is 18.5. The van der Waals surface area contributed by atoms with Gasteiger partial charge in [-0.15, -0.1) is 0 Å². The van der Waals surface area contributed by atoms with Crippen molar-refractivity contribution < 1.29 is 14.6 Å². The van der Waals surface area contributed by atoms with Crippen molar-refractivity contribution in [3.8, 4) is 0 Å². The minimum absolute atomic E-state index is 0.116. The highest BCUT2D eigenvalue weighted by molar-refractivity contribution is 5.78. The first-order valence-corrected chi connectivity index (χ1v) is 10.7. The zero-order valence-corrected chi connectivity index (χ0v) is 17.1. The molecule has 0 amide bonds. The molecule has 7 atom stereocenters. The maximum atomic E-state index is 13.0. The summed E-state index contributed by atoms with van der Waals surface area (Å²) in [6, 6.07) is 0. The molecule has 4 rings (SSSR count). The first-order chi connectivity index (χ1) is 12.1. The minimum atomic E-state index is -0.763. The lowest BCUT2D eigenvalue weighted by Crippen LogP contribution is -2.62. The van der Waals surface area contributed by atoms with E-state index in [0.717, 1.165) is 12.8 Å². The number of ether oxygens (including phenoxy) is 1. The fourth-order valence-electron chi connectivity index (χ4n) is 8.15. The smallest absolute Gasteiger partial charge is 0.314 e. The lowest BCUT2D eigenvalue weighted by atomic mass is 9.40. The summed E-state index contributed by atoms with van der Waals surface area (Å²) in [5.41, 5.74) is 1.53. The number of aliphatic hydroxyl groups excluding tert-OH is 1. The summed E-state index contributed by atoms with van der Waals surface area (Å²) in [7, 11) is 0. The van der Waals surface area contributed by atoms with Gasteiger partial charge in [0.1, 0.15) is 0 Å². The first-order valence-electron chi connectivity index (χ1n) is 10.7. The molecule has 146 valence electrons. The fraction of sp³-hybridized carbons (Fsp3) is 0.870. The van der Waals surface area contributed by atoms with Crippen molar-refractivity contribution in [3.63, 3.8) is 0 Å². The summed E-state index contributed by atoms with van der Waals surface area (Å²) >= 11 is 0. The molecule has 3 nitrogen and oxygen atoms in total. The molecule has 4 saturated carbocycles. The van der Waals surface area contributed by atoms with Gasteiger partial charge in [-0.2, -0.15) is 0 Å². The summed E-state index contributed by atoms with van der Waals surface area (Å²) < 4.78 is 5.46. The van der Waals surface area contributed by atoms with Crippen LogP contribution in [0.25, 0.3) is 0 Å². The molecule has 0 aromatic rings. The van der Waals surface area contributed by atoms with E-state index in [0.29, 0.717) is 29.8 Å². The van der Waals surface area contributed by atoms with Gasteiger partial charge in [-0.25, -0.2) is 0 Å². The van der Waals surface area contributed by atoms with Crippen molar-refractivity contribution in [1.29, 1.82) is 0 Å². The van der Waals surface area contributed by atoms with Crippen LogP contribution in [0.1, 0.15) is 79.1 Å². The van der Waals surface area contributed by atoms with E-state index >= 15 is 0 Å². The third kappa shape index (κ3) is 2.13. The van der Waals surface area contributed by atoms with Crippen LogP contribution < -0.4 is 0 Å². The molecule has 4 aliphatic rings. The van der Waals surface area contributed by atoms with Crippen molar-refractivity contribution in [1.82, 2.24) is 0 Å². The Morgan fingerprint density at radius 1 is 1.15 bits per heavy atom. The van der Waals surface area contributed by atoms with E-state index in [1.54, 1.807) is 0 Å². The van der Waals surface area contributed by atoms with Crippen LogP contribution >= 0.6 is 0 Å². The molecule has 0 saturated heterocycles. The van der Waals surface area contributed by atoms with Gasteiger partial charge >= 0.3 is 5.97 Å². The van der Waals surface area contributed by atoms with Crippen LogP contribution in [0.2, 0.25) is 0 Å². The number of rotatable bonds is 2. The maximum Gasteiger partial charge on any atom is 0.314 e. The van der Waals surface area contributed by atoms with Gasteiger partial charge in [-0.1, -0.05) is 26.0 Å². The number of carbonyl (C=O) groups is 1. The molecule has 2 bridgehead atoms. The predicted octanol–water partition coefficient (Wildman–Crippen LogP) is 4.88. The molecule has 3 heteroatoms. The number of esters is 1. The Labute approximate surface area is 158 Å². The van der Waals surface area contributed by atoms with Gasteiger partial charge in [0, 0.05) is 0 Å². The topological polar surface area (TPSA) is 46.5 Å². The Bertz CT molecular complexity index is 641. The molecule has 1 N–H and O–H groups in total. The average Bonchev–Trinajstić information content (AvgIpc) is 2.76. The van der Waals surface area contributed by atoms with Crippen LogP contribution in [0.4, 0.5) is 0 Å². The van der Waals surface area contributed by atoms with Crippen LogP contribution in [-0.4, -0.2) is 23.8 Å². The molecular formula is C23H36O3. The summed E-state index contributed by atoms with van der Waals surface area (Å²) in [6.07, 6.45) is 8.31. The number of fused-ring (bicyclic) bond motifs is 3. The molecular weight excluding hydrogens is 324 g/mol. The standard InChI is InChI=1S/C23H36O3/c1-6-26-19(25)22(5)16-8-12-23-13-15(2)20(3,14-23)10-7-17(23)21(16,4)11-9-18(22)24/h16-18,24H,2,6-14H2,1,3-5H3/t16-,17-,18?,20-,21?,22-,23?/m0/s1. The Hall–Kier alpha value is -0.830. The van der Waals surface area contributed by atoms with Gasteiger partial charge < -0.3 is 9.84 Å². The molecule has 0 aromatic carbocycles. The van der Waals surface area contributed by atoms with Crippen molar-refractivity contribution in [2.45, 2.75) is 85.2 Å². The average molecular weight is 361 g/mol. The fourth-order valence-corrected chi connectivity index (χ4v) is 8.15. The van der Waals surface area contributed by atoms with E-state index in [2.05, 4.69) is 20.4 Å². The molecule has 4 aliphatic carbocycles. The highest BCUT2D eigenvalue weighted by atomic mass is 16.5. The van der Waals surface area contributed by atoms with Gasteiger partial charge in [0.15, 0.2) is 0 Å². The zero-order valence-electron chi connectivity index (χ0n) is 17.1. The Morgan fingerprint density at radius 2 is 1.85 bits per heavy atom. The van der Waals surface area contributed by atoms with Crippen LogP contribution in [0.5, 0.6) is 0 Å². The molecule has 0 radical (unpaired) electrons. The summed E-state index contributed by atoms with van der Waals surface area (Å²) in [6.45, 7) is 13.5. The predicted molar refractivity (Wildman–Crippen MR) is 102 cm³/mol. The van der Waals surface area contributed by atoms with Crippen LogP contribution in [0.15, 0.2) is 12.2 Å². The number of aliphatic hydroxyl groups is 1. The third-order valence-corrected chi connectivity index (χ3v) is 9.50. The van der Waals surface area contributed by atoms with Gasteiger partial charge in [-0.3, -0.25) is 4.79 Å². The van der Waals surface area contributed by atoms with E-state index in [9.17, 15) is 9.90 Å². The molecule has 0 heterocycles. The molecule has 3 unspecified atom stereocenters. The second-order valence-corrected chi connectivity index (χ2v) is 10.6. The molecule has 1 spiro atoms. The van der Waals surface area contributed by atoms with Crippen molar-refractivity contribution in [2.24, 2.45) is 33.5 Å². The number of hydrogen-bond donors (Lipinski definition) is 1. The highest BCUT2D eigenvalue weighted by Gasteiger charge is 2.68. The van der Waals surface area contributed by atoms with E-state index in [1.807, 2.05) is 13.8 Å². The summed E-state index contributed by atoms with van der Waals surface area (Å²) in [5.74, 6) is 0.671. The normalized spacial score (nSPS) is 53.0. The SMILES string of the molecule is C=C1CC23CC[C@H]4C(C)(CCC(O)[C@@]4(C)C(=O)OCC)[C@@H]2CC[C@@]1(C)C3. The number of allylic oxidation sites excluding steroid dienone is 1. The van der Waals surface area contributed by atoms with Crippen molar-refractivity contribution in [3.05, 3.63) is 12.2 Å². The molecule has 26 heavy (non-hydrogen) atoms. The lowest BCUT2D eigenvalue weighted by Gasteiger charge is -2.64. The number of carbonyl (C=O) groups excluding carboxylic acids is 1. The summed E-state index contributed by atoms with van der Waals surface area (Å²) in [4.78, 5) is 13.0. The van der Waals surface area contributed by atoms with E-state index < -0.39 is 11.5 Å². The van der Waals surface area contributed by atoms with Crippen LogP contribution in [0.3, 0.4) is 0 Å². The maximum absolute atomic E-state index is 13.0. The van der Waals surface area contributed by atoms with Crippen molar-refractivity contribution in [2.75, 3.05) is 6.61 Å². The Morgan fingerprint density at radius 3 is 2.54 bits per heavy atom. The largest absolute Gasteiger partial charge is 0.465 e. The molecule has 0 aliphatic heterocycles. The van der Waals surface area contributed by atoms with Crippen molar-refractivity contribution >= 4 is 5.97 Å². The van der Waals surface area contributed by atoms with E-state index in [-0.39, 0.29) is 17.3 Å². The van der Waals surface area contributed by atoms with Gasteiger partial charge in [0.05, 0.1) is 18.1 Å². The van der Waals surface area contributed by atoms with Crippen LogP contribution in [-0.2, 0) is 9.53 Å². The lowest BCUT2D eigenvalue weighted by molar-refractivity contribution is -0.209.